The number of hydrogen-bond donors (Lipinski definition) is 2. The summed E-state index contributed by atoms with van der Waals surface area (Å²) in [5.74, 6) is 0. The number of nitrogens with zero attached hydrogens (tertiary/aromatic N) is 1. The van der Waals surface area contributed by atoms with Gasteiger partial charge in [-0.05, 0) is 30.9 Å². The highest BCUT2D eigenvalue weighted by Crippen LogP contribution is 2.10. The van der Waals surface area contributed by atoms with Crippen LogP contribution >= 0.6 is 0 Å². The van der Waals surface area contributed by atoms with Crippen LogP contribution in [0, 0.1) is 0 Å². The molecular formula is C13H22BNO2. The maximum absolute atomic E-state index is 9.01. The van der Waals surface area contributed by atoms with Crippen LogP contribution in [-0.4, -0.2) is 35.2 Å². The van der Waals surface area contributed by atoms with Crippen molar-refractivity contribution in [2.75, 3.05) is 7.05 Å². The minimum Gasteiger partial charge on any atom is -0.423 e. The summed E-state index contributed by atoms with van der Waals surface area (Å²) in [6.07, 6.45) is 2.31. The molecule has 0 spiro atoms. The molecule has 0 fully saturated rings. The van der Waals surface area contributed by atoms with Crippen LogP contribution < -0.4 is 5.46 Å². The third-order valence-electron chi connectivity index (χ3n) is 3.28. The molecule has 1 aromatic carbocycles. The summed E-state index contributed by atoms with van der Waals surface area (Å²) in [5, 5.41) is 18.0. The fourth-order valence-electron chi connectivity index (χ4n) is 2.12. The highest BCUT2D eigenvalue weighted by Gasteiger charge is 2.12. The van der Waals surface area contributed by atoms with Crippen molar-refractivity contribution in [3.63, 3.8) is 0 Å². The first kappa shape index (κ1) is 14.2. The monoisotopic (exact) mass is 235 g/mol. The summed E-state index contributed by atoms with van der Waals surface area (Å²) in [7, 11) is 0.757. The van der Waals surface area contributed by atoms with Gasteiger partial charge in [-0.25, -0.2) is 0 Å². The molecule has 3 nitrogen and oxygen atoms in total. The lowest BCUT2D eigenvalue weighted by Gasteiger charge is -2.26. The van der Waals surface area contributed by atoms with Gasteiger partial charge < -0.3 is 10.0 Å². The van der Waals surface area contributed by atoms with Crippen LogP contribution in [0.4, 0.5) is 0 Å². The molecule has 1 aromatic rings. The van der Waals surface area contributed by atoms with Gasteiger partial charge in [-0.3, -0.25) is 4.90 Å². The summed E-state index contributed by atoms with van der Waals surface area (Å²) in [5.41, 5.74) is 1.74. The quantitative estimate of drug-likeness (QED) is 0.722. The standard InChI is InChI=1S/C13H22BNO2/c1-4-13(5-2)15(3)10-11-6-8-12(9-7-11)14(16)17/h6-9,13,16-17H,4-5,10H2,1-3H3. The summed E-state index contributed by atoms with van der Waals surface area (Å²) in [6, 6.07) is 8.04. The molecule has 2 N–H and O–H groups in total. The molecule has 4 heteroatoms. The van der Waals surface area contributed by atoms with E-state index in [1.807, 2.05) is 12.1 Å². The van der Waals surface area contributed by atoms with Crippen molar-refractivity contribution in [3.05, 3.63) is 29.8 Å². The SMILES string of the molecule is CCC(CC)N(C)Cc1ccc(B(O)O)cc1. The average molecular weight is 235 g/mol. The first-order valence-corrected chi connectivity index (χ1v) is 6.23. The molecule has 94 valence electrons. The topological polar surface area (TPSA) is 43.7 Å². The van der Waals surface area contributed by atoms with Crippen molar-refractivity contribution in [1.82, 2.24) is 4.90 Å². The van der Waals surface area contributed by atoms with E-state index >= 15 is 0 Å². The summed E-state index contributed by atoms with van der Waals surface area (Å²) in [4.78, 5) is 2.34. The Hall–Kier alpha value is -0.835. The van der Waals surface area contributed by atoms with Crippen molar-refractivity contribution in [2.45, 2.75) is 39.3 Å². The van der Waals surface area contributed by atoms with E-state index in [1.54, 1.807) is 12.1 Å². The largest absolute Gasteiger partial charge is 0.488 e. The first-order chi connectivity index (χ1) is 8.08. The maximum atomic E-state index is 9.01. The third kappa shape index (κ3) is 4.15. The van der Waals surface area contributed by atoms with Gasteiger partial charge in [0.1, 0.15) is 0 Å². The molecule has 0 aliphatic rings. The van der Waals surface area contributed by atoms with Gasteiger partial charge in [-0.2, -0.15) is 0 Å². The molecule has 0 saturated carbocycles. The van der Waals surface area contributed by atoms with Gasteiger partial charge in [0.15, 0.2) is 0 Å². The second-order valence-corrected chi connectivity index (χ2v) is 4.50. The molecule has 17 heavy (non-hydrogen) atoms. The molecule has 0 amide bonds. The Bertz CT molecular complexity index is 323. The van der Waals surface area contributed by atoms with Gasteiger partial charge in [0, 0.05) is 12.6 Å². The number of benzene rings is 1. The molecule has 0 heterocycles. The summed E-state index contributed by atoms with van der Waals surface area (Å²) < 4.78 is 0. The molecule has 0 saturated heterocycles. The van der Waals surface area contributed by atoms with Gasteiger partial charge in [0.2, 0.25) is 0 Å². The molecule has 0 aliphatic heterocycles. The van der Waals surface area contributed by atoms with E-state index in [2.05, 4.69) is 25.8 Å². The molecular weight excluding hydrogens is 213 g/mol. The fraction of sp³-hybridized carbons (Fsp3) is 0.538. The van der Waals surface area contributed by atoms with Crippen molar-refractivity contribution >= 4 is 12.6 Å². The highest BCUT2D eigenvalue weighted by molar-refractivity contribution is 6.58. The van der Waals surface area contributed by atoms with Crippen LogP contribution in [0.15, 0.2) is 24.3 Å². The van der Waals surface area contributed by atoms with Crippen molar-refractivity contribution < 1.29 is 10.0 Å². The Balaban J connectivity index is 2.62. The third-order valence-corrected chi connectivity index (χ3v) is 3.28. The summed E-state index contributed by atoms with van der Waals surface area (Å²) in [6.45, 7) is 5.31. The minimum atomic E-state index is -1.37. The van der Waals surface area contributed by atoms with Crippen LogP contribution in [-0.2, 0) is 6.54 Å². The predicted octanol–water partition coefficient (Wildman–Crippen LogP) is 0.987. The van der Waals surface area contributed by atoms with Crippen LogP contribution in [0.1, 0.15) is 32.3 Å². The Kier molecular flexibility index (Phi) is 5.68. The zero-order valence-corrected chi connectivity index (χ0v) is 10.9. The Morgan fingerprint density at radius 2 is 1.65 bits per heavy atom. The van der Waals surface area contributed by atoms with Crippen LogP contribution in [0.2, 0.25) is 0 Å². The lowest BCUT2D eigenvalue weighted by Crippen LogP contribution is -2.31. The predicted molar refractivity (Wildman–Crippen MR) is 72.1 cm³/mol. The van der Waals surface area contributed by atoms with Crippen LogP contribution in [0.5, 0.6) is 0 Å². The van der Waals surface area contributed by atoms with Gasteiger partial charge in [-0.15, -0.1) is 0 Å². The minimum absolute atomic E-state index is 0.541. The molecule has 0 aromatic heterocycles. The lowest BCUT2D eigenvalue weighted by atomic mass is 9.80. The van der Waals surface area contributed by atoms with E-state index in [4.69, 9.17) is 10.0 Å². The molecule has 0 radical (unpaired) electrons. The Morgan fingerprint density at radius 1 is 1.12 bits per heavy atom. The maximum Gasteiger partial charge on any atom is 0.488 e. The smallest absolute Gasteiger partial charge is 0.423 e. The van der Waals surface area contributed by atoms with Crippen LogP contribution in [0.3, 0.4) is 0 Å². The fourth-order valence-corrected chi connectivity index (χ4v) is 2.12. The van der Waals surface area contributed by atoms with E-state index in [0.717, 1.165) is 19.4 Å². The van der Waals surface area contributed by atoms with Crippen LogP contribution in [0.25, 0.3) is 0 Å². The van der Waals surface area contributed by atoms with Gasteiger partial charge >= 0.3 is 7.12 Å². The van der Waals surface area contributed by atoms with Gasteiger partial charge in [-0.1, -0.05) is 38.1 Å². The van der Waals surface area contributed by atoms with Gasteiger partial charge in [0.05, 0.1) is 0 Å². The van der Waals surface area contributed by atoms with Crippen molar-refractivity contribution in [1.29, 1.82) is 0 Å². The van der Waals surface area contributed by atoms with Gasteiger partial charge in [0.25, 0.3) is 0 Å². The number of hydrogen-bond acceptors (Lipinski definition) is 3. The van der Waals surface area contributed by atoms with Crippen molar-refractivity contribution in [2.24, 2.45) is 0 Å². The normalized spacial score (nSPS) is 11.2. The molecule has 1 rings (SSSR count). The Labute approximate surface area is 104 Å². The molecule has 0 unspecified atom stereocenters. The van der Waals surface area contributed by atoms with Crippen molar-refractivity contribution in [3.8, 4) is 0 Å². The second kappa shape index (κ2) is 6.79. The highest BCUT2D eigenvalue weighted by atomic mass is 16.4. The van der Waals surface area contributed by atoms with E-state index < -0.39 is 7.12 Å². The molecule has 0 aliphatic carbocycles. The molecule has 0 atom stereocenters. The Morgan fingerprint density at radius 3 is 2.06 bits per heavy atom. The molecule has 0 bridgehead atoms. The first-order valence-electron chi connectivity index (χ1n) is 6.23. The van der Waals surface area contributed by atoms with E-state index in [-0.39, 0.29) is 0 Å². The zero-order chi connectivity index (χ0) is 12.8. The average Bonchev–Trinajstić information content (AvgIpc) is 2.31. The van der Waals surface area contributed by atoms with E-state index in [1.165, 1.54) is 5.56 Å². The van der Waals surface area contributed by atoms with E-state index in [0.29, 0.717) is 11.5 Å². The zero-order valence-electron chi connectivity index (χ0n) is 10.9. The van der Waals surface area contributed by atoms with E-state index in [9.17, 15) is 0 Å². The lowest BCUT2D eigenvalue weighted by molar-refractivity contribution is 0.222. The second-order valence-electron chi connectivity index (χ2n) is 4.50. The number of rotatable bonds is 6. The summed E-state index contributed by atoms with van der Waals surface area (Å²) >= 11 is 0.